The van der Waals surface area contributed by atoms with E-state index in [1.807, 2.05) is 42.5 Å². The van der Waals surface area contributed by atoms with E-state index < -0.39 is 0 Å². The Morgan fingerprint density at radius 1 is 1.12 bits per heavy atom. The Bertz CT molecular complexity index is 792. The SMILES string of the molecule is COc1ccccc1NC(=O)N1CCN(c2cccc(C#N)c2)CC1. The molecule has 0 aromatic heterocycles. The molecule has 1 aliphatic heterocycles. The fourth-order valence-corrected chi connectivity index (χ4v) is 2.88. The number of nitriles is 1. The van der Waals surface area contributed by atoms with Crippen LogP contribution in [0.2, 0.25) is 0 Å². The molecular formula is C19H20N4O2. The molecule has 2 aromatic carbocycles. The number of para-hydroxylation sites is 2. The largest absolute Gasteiger partial charge is 0.495 e. The minimum absolute atomic E-state index is 0.130. The molecule has 2 amide bonds. The number of hydrogen-bond acceptors (Lipinski definition) is 4. The summed E-state index contributed by atoms with van der Waals surface area (Å²) in [6.45, 7) is 2.71. The Kier molecular flexibility index (Phi) is 5.05. The van der Waals surface area contributed by atoms with Crippen molar-refractivity contribution in [1.29, 1.82) is 5.26 Å². The molecule has 6 heteroatoms. The van der Waals surface area contributed by atoms with Crippen LogP contribution in [0.3, 0.4) is 0 Å². The molecule has 0 unspecified atom stereocenters. The van der Waals surface area contributed by atoms with Gasteiger partial charge in [-0.3, -0.25) is 0 Å². The van der Waals surface area contributed by atoms with Crippen LogP contribution in [0, 0.1) is 11.3 Å². The highest BCUT2D eigenvalue weighted by Gasteiger charge is 2.22. The van der Waals surface area contributed by atoms with E-state index >= 15 is 0 Å². The highest BCUT2D eigenvalue weighted by atomic mass is 16.5. The molecule has 0 bridgehead atoms. The summed E-state index contributed by atoms with van der Waals surface area (Å²) in [5, 5.41) is 11.9. The number of hydrogen-bond donors (Lipinski definition) is 1. The molecule has 0 spiro atoms. The van der Waals surface area contributed by atoms with Crippen LogP contribution in [0.5, 0.6) is 5.75 Å². The van der Waals surface area contributed by atoms with Crippen molar-refractivity contribution in [3.05, 3.63) is 54.1 Å². The van der Waals surface area contributed by atoms with Crippen molar-refractivity contribution in [2.75, 3.05) is 43.5 Å². The first-order valence-electron chi connectivity index (χ1n) is 8.15. The minimum atomic E-state index is -0.130. The van der Waals surface area contributed by atoms with E-state index in [9.17, 15) is 4.79 Å². The normalized spacial score (nSPS) is 13.9. The van der Waals surface area contributed by atoms with Crippen LogP contribution >= 0.6 is 0 Å². The molecule has 1 fully saturated rings. The van der Waals surface area contributed by atoms with Crippen molar-refractivity contribution in [3.63, 3.8) is 0 Å². The highest BCUT2D eigenvalue weighted by Crippen LogP contribution is 2.24. The summed E-state index contributed by atoms with van der Waals surface area (Å²) in [6, 6.07) is 16.9. The predicted molar refractivity (Wildman–Crippen MR) is 97.0 cm³/mol. The number of rotatable bonds is 3. The molecule has 25 heavy (non-hydrogen) atoms. The number of ether oxygens (including phenoxy) is 1. The van der Waals surface area contributed by atoms with E-state index in [1.54, 1.807) is 18.1 Å². The number of urea groups is 1. The fourth-order valence-electron chi connectivity index (χ4n) is 2.88. The standard InChI is InChI=1S/C19H20N4O2/c1-25-18-8-3-2-7-17(18)21-19(24)23-11-9-22(10-12-23)16-6-4-5-15(13-16)14-20/h2-8,13H,9-12H2,1H3,(H,21,24). The maximum atomic E-state index is 12.5. The summed E-state index contributed by atoms with van der Waals surface area (Å²) in [5.74, 6) is 0.641. The zero-order chi connectivity index (χ0) is 17.6. The van der Waals surface area contributed by atoms with E-state index in [0.717, 1.165) is 18.8 Å². The van der Waals surface area contributed by atoms with Crippen LogP contribution in [0.15, 0.2) is 48.5 Å². The molecule has 128 valence electrons. The van der Waals surface area contributed by atoms with Gasteiger partial charge in [-0.25, -0.2) is 4.79 Å². The van der Waals surface area contributed by atoms with Gasteiger partial charge in [0.2, 0.25) is 0 Å². The first-order valence-corrected chi connectivity index (χ1v) is 8.15. The van der Waals surface area contributed by atoms with Crippen LogP contribution in [0.4, 0.5) is 16.2 Å². The molecule has 1 N–H and O–H groups in total. The van der Waals surface area contributed by atoms with Crippen LogP contribution in [-0.4, -0.2) is 44.2 Å². The van der Waals surface area contributed by atoms with Gasteiger partial charge in [0.25, 0.3) is 0 Å². The molecule has 6 nitrogen and oxygen atoms in total. The quantitative estimate of drug-likeness (QED) is 0.936. The summed E-state index contributed by atoms with van der Waals surface area (Å²) in [6.07, 6.45) is 0. The number of amides is 2. The second kappa shape index (κ2) is 7.58. The number of carbonyl (C=O) groups is 1. The van der Waals surface area contributed by atoms with Gasteiger partial charge < -0.3 is 19.9 Å². The molecule has 0 radical (unpaired) electrons. The van der Waals surface area contributed by atoms with Crippen LogP contribution in [0.1, 0.15) is 5.56 Å². The van der Waals surface area contributed by atoms with Crippen molar-refractivity contribution in [3.8, 4) is 11.8 Å². The van der Waals surface area contributed by atoms with Gasteiger partial charge in [0.15, 0.2) is 0 Å². The second-order valence-electron chi connectivity index (χ2n) is 5.77. The summed E-state index contributed by atoms with van der Waals surface area (Å²) in [4.78, 5) is 16.5. The van der Waals surface area contributed by atoms with Crippen LogP contribution < -0.4 is 15.0 Å². The van der Waals surface area contributed by atoms with Crippen molar-refractivity contribution >= 4 is 17.4 Å². The number of anilines is 2. The van der Waals surface area contributed by atoms with Gasteiger partial charge in [0, 0.05) is 31.9 Å². The number of methoxy groups -OCH3 is 1. The lowest BCUT2D eigenvalue weighted by atomic mass is 10.2. The molecule has 0 atom stereocenters. The number of nitrogens with zero attached hydrogens (tertiary/aromatic N) is 3. The van der Waals surface area contributed by atoms with Gasteiger partial charge in [-0.05, 0) is 30.3 Å². The third-order valence-electron chi connectivity index (χ3n) is 4.26. The average molecular weight is 336 g/mol. The molecular weight excluding hydrogens is 316 g/mol. The number of piperazine rings is 1. The van der Waals surface area contributed by atoms with Crippen LogP contribution in [-0.2, 0) is 0 Å². The van der Waals surface area contributed by atoms with Gasteiger partial charge in [-0.2, -0.15) is 5.26 Å². The summed E-state index contributed by atoms with van der Waals surface area (Å²) in [7, 11) is 1.58. The second-order valence-corrected chi connectivity index (χ2v) is 5.77. The van der Waals surface area contributed by atoms with E-state index in [-0.39, 0.29) is 6.03 Å². The van der Waals surface area contributed by atoms with Crippen molar-refractivity contribution in [2.24, 2.45) is 0 Å². The van der Waals surface area contributed by atoms with Gasteiger partial charge in [0.05, 0.1) is 24.4 Å². The fraction of sp³-hybridized carbons (Fsp3) is 0.263. The minimum Gasteiger partial charge on any atom is -0.495 e. The number of nitrogens with one attached hydrogen (secondary N) is 1. The van der Waals surface area contributed by atoms with Gasteiger partial charge in [-0.15, -0.1) is 0 Å². The zero-order valence-corrected chi connectivity index (χ0v) is 14.1. The topological polar surface area (TPSA) is 68.6 Å². The van der Waals surface area contributed by atoms with E-state index in [2.05, 4.69) is 16.3 Å². The van der Waals surface area contributed by atoms with Crippen LogP contribution in [0.25, 0.3) is 0 Å². The maximum absolute atomic E-state index is 12.5. The molecule has 3 rings (SSSR count). The summed E-state index contributed by atoms with van der Waals surface area (Å²) >= 11 is 0. The Labute approximate surface area is 147 Å². The van der Waals surface area contributed by atoms with Gasteiger partial charge in [-0.1, -0.05) is 18.2 Å². The predicted octanol–water partition coefficient (Wildman–Crippen LogP) is 2.92. The molecule has 2 aromatic rings. The van der Waals surface area contributed by atoms with E-state index in [4.69, 9.17) is 10.00 Å². The average Bonchev–Trinajstić information content (AvgIpc) is 2.68. The molecule has 0 aliphatic carbocycles. The number of benzene rings is 2. The highest BCUT2D eigenvalue weighted by molar-refractivity contribution is 5.91. The third kappa shape index (κ3) is 3.83. The summed E-state index contributed by atoms with van der Waals surface area (Å²) in [5.41, 5.74) is 2.33. The Morgan fingerprint density at radius 3 is 2.60 bits per heavy atom. The smallest absolute Gasteiger partial charge is 0.322 e. The zero-order valence-electron chi connectivity index (χ0n) is 14.1. The first-order chi connectivity index (χ1) is 12.2. The van der Waals surface area contributed by atoms with E-state index in [0.29, 0.717) is 30.1 Å². The lowest BCUT2D eigenvalue weighted by molar-refractivity contribution is 0.208. The van der Waals surface area contributed by atoms with Crippen molar-refractivity contribution < 1.29 is 9.53 Å². The summed E-state index contributed by atoms with van der Waals surface area (Å²) < 4.78 is 5.26. The Hall–Kier alpha value is -3.20. The number of carbonyl (C=O) groups excluding carboxylic acids is 1. The molecule has 0 saturated carbocycles. The van der Waals surface area contributed by atoms with Crippen molar-refractivity contribution in [1.82, 2.24) is 4.90 Å². The molecule has 1 heterocycles. The van der Waals surface area contributed by atoms with Gasteiger partial charge >= 0.3 is 6.03 Å². The molecule has 1 aliphatic rings. The maximum Gasteiger partial charge on any atom is 0.322 e. The van der Waals surface area contributed by atoms with Crippen molar-refractivity contribution in [2.45, 2.75) is 0 Å². The van der Waals surface area contributed by atoms with E-state index in [1.165, 1.54) is 0 Å². The molecule has 1 saturated heterocycles. The lowest BCUT2D eigenvalue weighted by Crippen LogP contribution is -2.50. The Morgan fingerprint density at radius 2 is 1.88 bits per heavy atom. The third-order valence-corrected chi connectivity index (χ3v) is 4.26. The Balaban J connectivity index is 1.60. The monoisotopic (exact) mass is 336 g/mol. The lowest BCUT2D eigenvalue weighted by Gasteiger charge is -2.36. The first kappa shape index (κ1) is 16.7. The van der Waals surface area contributed by atoms with Gasteiger partial charge in [0.1, 0.15) is 5.75 Å².